The molecule has 0 rings (SSSR count). The van der Waals surface area contributed by atoms with Crippen molar-refractivity contribution in [3.63, 3.8) is 0 Å². The summed E-state index contributed by atoms with van der Waals surface area (Å²) in [5.74, 6) is -1.24. The number of aliphatic carboxylic acids is 1. The van der Waals surface area contributed by atoms with Crippen LogP contribution in [0.3, 0.4) is 0 Å². The highest BCUT2D eigenvalue weighted by Gasteiger charge is 1.90. The van der Waals surface area contributed by atoms with Gasteiger partial charge in [-0.25, -0.2) is 4.99 Å². The third-order valence-electron chi connectivity index (χ3n) is 0.397. The molecule has 0 aromatic rings. The zero-order valence-corrected chi connectivity index (χ0v) is 4.16. The molecule has 0 atom stereocenters. The molecule has 0 aromatic carbocycles. The predicted octanol–water partition coefficient (Wildman–Crippen LogP) is -1.02. The van der Waals surface area contributed by atoms with Gasteiger partial charge in [0.1, 0.15) is 6.54 Å². The number of carboxylic acids is 1. The molecule has 0 saturated carbocycles. The van der Waals surface area contributed by atoms with Gasteiger partial charge < -0.3 is 16.6 Å². The minimum Gasteiger partial charge on any atom is -0.480 e. The Labute approximate surface area is 53.4 Å². The van der Waals surface area contributed by atoms with Crippen molar-refractivity contribution >= 4 is 11.9 Å². The molecule has 0 aliphatic heterocycles. The van der Waals surface area contributed by atoms with Gasteiger partial charge in [0.2, 0.25) is 0 Å². The number of hydrogen-bond donors (Lipinski definition) is 3. The van der Waals surface area contributed by atoms with Crippen LogP contribution in [0.2, 0.25) is 0 Å². The summed E-state index contributed by atoms with van der Waals surface area (Å²) in [4.78, 5) is 12.9. The van der Waals surface area contributed by atoms with Crippen LogP contribution in [0.4, 0.5) is 0 Å². The first-order valence-electron chi connectivity index (χ1n) is 1.90. The number of aliphatic imine (C=N–C) groups is 1. The van der Waals surface area contributed by atoms with Crippen molar-refractivity contribution in [1.82, 2.24) is 0 Å². The second-order valence-corrected chi connectivity index (χ2v) is 1.13. The highest BCUT2D eigenvalue weighted by Crippen LogP contribution is 1.65. The molecule has 0 aromatic heterocycles. The predicted molar refractivity (Wildman–Crippen MR) is 35.0 cm³/mol. The molecule has 5 N–H and O–H groups in total. The average Bonchev–Trinajstić information content (AvgIpc) is 1.61. The van der Waals surface area contributed by atoms with Crippen molar-refractivity contribution in [3.8, 4) is 0 Å². The topological polar surface area (TPSA) is 102 Å². The average molecular weight is 133 g/mol. The summed E-state index contributed by atoms with van der Waals surface area (Å²) < 4.78 is 0. The lowest BCUT2D eigenvalue weighted by molar-refractivity contribution is -0.135. The quantitative estimate of drug-likeness (QED) is 0.331. The number of hydrogen-bond acceptors (Lipinski definition) is 2. The van der Waals surface area contributed by atoms with E-state index >= 15 is 0 Å². The van der Waals surface area contributed by atoms with E-state index in [4.69, 9.17) is 16.6 Å². The van der Waals surface area contributed by atoms with E-state index in [1.165, 1.54) is 0 Å². The van der Waals surface area contributed by atoms with Crippen molar-refractivity contribution in [2.24, 2.45) is 16.5 Å². The van der Waals surface area contributed by atoms with Crippen molar-refractivity contribution in [2.45, 2.75) is 7.43 Å². The zero-order valence-electron chi connectivity index (χ0n) is 4.16. The summed E-state index contributed by atoms with van der Waals surface area (Å²) in [6, 6.07) is 0. The van der Waals surface area contributed by atoms with Crippen molar-refractivity contribution in [3.05, 3.63) is 0 Å². The third-order valence-corrected chi connectivity index (χ3v) is 0.397. The number of nitrogens with two attached hydrogens (primary N) is 2. The van der Waals surface area contributed by atoms with Gasteiger partial charge in [-0.2, -0.15) is 0 Å². The standard InChI is InChI=1S/C3H7N3O2.CH4/c4-3(5)6-1-2(7)8;/h1H2,(H,7,8)(H4,4,5,6);1H4. The molecule has 0 bridgehead atoms. The smallest absolute Gasteiger partial charge is 0.325 e. The lowest BCUT2D eigenvalue weighted by Crippen LogP contribution is -2.24. The third kappa shape index (κ3) is 10.8. The van der Waals surface area contributed by atoms with Crippen molar-refractivity contribution in [1.29, 1.82) is 0 Å². The van der Waals surface area contributed by atoms with Gasteiger partial charge in [-0.3, -0.25) is 4.79 Å². The summed E-state index contributed by atoms with van der Waals surface area (Å²) in [6.07, 6.45) is 0. The Morgan fingerprint density at radius 1 is 1.56 bits per heavy atom. The van der Waals surface area contributed by atoms with Crippen LogP contribution < -0.4 is 11.5 Å². The van der Waals surface area contributed by atoms with Crippen LogP contribution in [-0.4, -0.2) is 23.6 Å². The molecule has 0 fully saturated rings. The number of rotatable bonds is 2. The highest BCUT2D eigenvalue weighted by atomic mass is 16.4. The zero-order chi connectivity index (χ0) is 6.57. The second-order valence-electron chi connectivity index (χ2n) is 1.13. The number of carboxylic acid groups (broad SMARTS) is 1. The van der Waals surface area contributed by atoms with E-state index in [-0.39, 0.29) is 19.9 Å². The first-order chi connectivity index (χ1) is 3.63. The molecule has 0 unspecified atom stereocenters. The van der Waals surface area contributed by atoms with Gasteiger partial charge in [0.25, 0.3) is 0 Å². The molecule has 5 heteroatoms. The molecule has 0 aliphatic carbocycles. The van der Waals surface area contributed by atoms with E-state index in [0.29, 0.717) is 0 Å². The Balaban J connectivity index is 0. The SMILES string of the molecule is C.NC(N)=NCC(=O)O. The van der Waals surface area contributed by atoms with E-state index in [1.807, 2.05) is 0 Å². The van der Waals surface area contributed by atoms with Gasteiger partial charge in [0.15, 0.2) is 5.96 Å². The number of guanidine groups is 1. The molecule has 9 heavy (non-hydrogen) atoms. The first kappa shape index (κ1) is 10.7. The minimum absolute atomic E-state index is 0. The maximum atomic E-state index is 9.69. The molecule has 0 amide bonds. The Morgan fingerprint density at radius 3 is 2.11 bits per heavy atom. The van der Waals surface area contributed by atoms with Crippen molar-refractivity contribution in [2.75, 3.05) is 6.54 Å². The summed E-state index contributed by atoms with van der Waals surface area (Å²) in [6.45, 7) is -0.359. The van der Waals surface area contributed by atoms with Gasteiger partial charge in [0.05, 0.1) is 0 Å². The van der Waals surface area contributed by atoms with Crippen LogP contribution in [-0.2, 0) is 4.79 Å². The van der Waals surface area contributed by atoms with Gasteiger partial charge >= 0.3 is 5.97 Å². The van der Waals surface area contributed by atoms with Crippen LogP contribution in [0.15, 0.2) is 4.99 Å². The van der Waals surface area contributed by atoms with Crippen LogP contribution in [0.1, 0.15) is 7.43 Å². The van der Waals surface area contributed by atoms with Gasteiger partial charge in [-0.1, -0.05) is 7.43 Å². The Hall–Kier alpha value is -1.26. The fourth-order valence-electron chi connectivity index (χ4n) is 0.159. The molecule has 54 valence electrons. The highest BCUT2D eigenvalue weighted by molar-refractivity contribution is 5.79. The number of nitrogens with zero attached hydrogens (tertiary/aromatic N) is 1. The normalized spacial score (nSPS) is 7.11. The molecule has 0 aliphatic rings. The largest absolute Gasteiger partial charge is 0.480 e. The fourth-order valence-corrected chi connectivity index (χ4v) is 0.159. The molecule has 0 heterocycles. The van der Waals surface area contributed by atoms with E-state index in [9.17, 15) is 4.79 Å². The lowest BCUT2D eigenvalue weighted by Gasteiger charge is -1.85. The Kier molecular flexibility index (Phi) is 5.80. The summed E-state index contributed by atoms with van der Waals surface area (Å²) in [5, 5.41) is 7.94. The molecule has 0 spiro atoms. The van der Waals surface area contributed by atoms with Gasteiger partial charge in [-0.05, 0) is 0 Å². The lowest BCUT2D eigenvalue weighted by atomic mass is 10.7. The van der Waals surface area contributed by atoms with E-state index < -0.39 is 5.97 Å². The Bertz CT molecular complexity index is 117. The summed E-state index contributed by atoms with van der Waals surface area (Å²) in [7, 11) is 0. The molecular formula is C4H11N3O2. The summed E-state index contributed by atoms with van der Waals surface area (Å²) >= 11 is 0. The minimum atomic E-state index is -1.04. The van der Waals surface area contributed by atoms with Crippen molar-refractivity contribution < 1.29 is 9.90 Å². The molecule has 5 nitrogen and oxygen atoms in total. The Morgan fingerprint density at radius 2 is 2.00 bits per heavy atom. The van der Waals surface area contributed by atoms with Crippen LogP contribution >= 0.6 is 0 Å². The maximum absolute atomic E-state index is 9.69. The first-order valence-corrected chi connectivity index (χ1v) is 1.90. The van der Waals surface area contributed by atoms with Crippen LogP contribution in [0.5, 0.6) is 0 Å². The number of carbonyl (C=O) groups is 1. The van der Waals surface area contributed by atoms with E-state index in [1.54, 1.807) is 0 Å². The fraction of sp³-hybridized carbons (Fsp3) is 0.500. The van der Waals surface area contributed by atoms with Crippen LogP contribution in [0, 0.1) is 0 Å². The van der Waals surface area contributed by atoms with Gasteiger partial charge in [0, 0.05) is 0 Å². The molecule has 0 saturated heterocycles. The van der Waals surface area contributed by atoms with E-state index in [2.05, 4.69) is 4.99 Å². The van der Waals surface area contributed by atoms with Crippen LogP contribution in [0.25, 0.3) is 0 Å². The summed E-state index contributed by atoms with van der Waals surface area (Å²) in [5.41, 5.74) is 9.61. The maximum Gasteiger partial charge on any atom is 0.325 e. The van der Waals surface area contributed by atoms with Gasteiger partial charge in [-0.15, -0.1) is 0 Å². The van der Waals surface area contributed by atoms with E-state index in [0.717, 1.165) is 0 Å². The monoisotopic (exact) mass is 133 g/mol. The molecule has 0 radical (unpaired) electrons. The molecular weight excluding hydrogens is 122 g/mol. The second kappa shape index (κ2) is 4.89.